The highest BCUT2D eigenvalue weighted by molar-refractivity contribution is 5.96. The van der Waals surface area contributed by atoms with Crippen molar-refractivity contribution >= 4 is 11.8 Å². The number of rotatable bonds is 8. The van der Waals surface area contributed by atoms with Crippen LogP contribution in [0, 0.1) is 6.92 Å². The molecule has 1 aliphatic carbocycles. The van der Waals surface area contributed by atoms with Crippen molar-refractivity contribution in [3.05, 3.63) is 76.6 Å². The Kier molecular flexibility index (Phi) is 7.36. The summed E-state index contributed by atoms with van der Waals surface area (Å²) < 4.78 is 0. The smallest absolute Gasteiger partial charge is 0.251 e. The minimum absolute atomic E-state index is 0.00226. The largest absolute Gasteiger partial charge is 0.349 e. The fraction of sp³-hybridized carbons (Fsp3) is 0.444. The van der Waals surface area contributed by atoms with Crippen LogP contribution in [0.1, 0.15) is 64.5 Å². The van der Waals surface area contributed by atoms with E-state index in [0.717, 1.165) is 18.7 Å². The summed E-state index contributed by atoms with van der Waals surface area (Å²) >= 11 is 0. The van der Waals surface area contributed by atoms with Gasteiger partial charge in [-0.05, 0) is 61.8 Å². The van der Waals surface area contributed by atoms with Crippen molar-refractivity contribution in [1.82, 2.24) is 36.2 Å². The molecular formula is C27H33N7O2. The first kappa shape index (κ1) is 24.1. The Hall–Kier alpha value is -3.59. The van der Waals surface area contributed by atoms with E-state index in [9.17, 15) is 9.59 Å². The lowest BCUT2D eigenvalue weighted by Gasteiger charge is -2.46. The van der Waals surface area contributed by atoms with E-state index in [2.05, 4.69) is 60.4 Å². The lowest BCUT2D eigenvalue weighted by Crippen LogP contribution is -2.63. The van der Waals surface area contributed by atoms with Gasteiger partial charge in [-0.2, -0.15) is 5.21 Å². The predicted molar refractivity (Wildman–Crippen MR) is 135 cm³/mol. The fourth-order valence-corrected chi connectivity index (χ4v) is 5.35. The van der Waals surface area contributed by atoms with Gasteiger partial charge < -0.3 is 10.6 Å². The van der Waals surface area contributed by atoms with Crippen LogP contribution >= 0.6 is 0 Å². The maximum Gasteiger partial charge on any atom is 0.251 e. The van der Waals surface area contributed by atoms with Gasteiger partial charge in [0, 0.05) is 31.1 Å². The zero-order valence-corrected chi connectivity index (χ0v) is 20.6. The molecule has 0 atom stereocenters. The molecule has 2 aromatic carbocycles. The number of nitrogens with zero attached hydrogens (tertiary/aromatic N) is 4. The van der Waals surface area contributed by atoms with E-state index >= 15 is 0 Å². The van der Waals surface area contributed by atoms with Crippen molar-refractivity contribution in [2.24, 2.45) is 0 Å². The van der Waals surface area contributed by atoms with Crippen molar-refractivity contribution < 1.29 is 9.59 Å². The summed E-state index contributed by atoms with van der Waals surface area (Å²) in [5.41, 5.74) is 4.20. The van der Waals surface area contributed by atoms with Crippen molar-refractivity contribution in [3.63, 3.8) is 0 Å². The molecule has 3 N–H and O–H groups in total. The van der Waals surface area contributed by atoms with Crippen LogP contribution in [0.5, 0.6) is 0 Å². The molecule has 188 valence electrons. The van der Waals surface area contributed by atoms with E-state index in [1.807, 2.05) is 25.1 Å². The molecule has 3 aromatic rings. The summed E-state index contributed by atoms with van der Waals surface area (Å²) in [5.74, 6) is 0.961. The van der Waals surface area contributed by atoms with Gasteiger partial charge in [-0.25, -0.2) is 0 Å². The molecule has 0 unspecified atom stereocenters. The Labute approximate surface area is 211 Å². The van der Waals surface area contributed by atoms with Gasteiger partial charge in [-0.15, -0.1) is 10.2 Å². The Morgan fingerprint density at radius 3 is 2.53 bits per heavy atom. The number of carbonyl (C=O) groups excluding carboxylic acids is 2. The van der Waals surface area contributed by atoms with Gasteiger partial charge in [0.05, 0.1) is 12.6 Å². The minimum Gasteiger partial charge on any atom is -0.349 e. The van der Waals surface area contributed by atoms with Crippen LogP contribution in [0.3, 0.4) is 0 Å². The summed E-state index contributed by atoms with van der Waals surface area (Å²) in [5, 5.41) is 19.9. The Balaban J connectivity index is 0.997. The first-order chi connectivity index (χ1) is 17.5. The Morgan fingerprint density at radius 2 is 1.83 bits per heavy atom. The Morgan fingerprint density at radius 1 is 1.06 bits per heavy atom. The van der Waals surface area contributed by atoms with E-state index in [-0.39, 0.29) is 24.4 Å². The fourth-order valence-electron chi connectivity index (χ4n) is 5.35. The molecule has 1 saturated heterocycles. The van der Waals surface area contributed by atoms with Crippen molar-refractivity contribution in [1.29, 1.82) is 0 Å². The lowest BCUT2D eigenvalue weighted by molar-refractivity contribution is -0.122. The summed E-state index contributed by atoms with van der Waals surface area (Å²) in [6.45, 7) is 3.72. The molecule has 9 nitrogen and oxygen atoms in total. The maximum absolute atomic E-state index is 12.3. The molecule has 2 amide bonds. The van der Waals surface area contributed by atoms with Gasteiger partial charge in [0.2, 0.25) is 5.91 Å². The number of H-pyrrole nitrogens is 1. The highest BCUT2D eigenvalue weighted by Crippen LogP contribution is 2.36. The maximum atomic E-state index is 12.3. The van der Waals surface area contributed by atoms with Crippen molar-refractivity contribution in [3.8, 4) is 0 Å². The minimum atomic E-state index is -0.220. The quantitative estimate of drug-likeness (QED) is 0.449. The lowest BCUT2D eigenvalue weighted by atomic mass is 9.80. The molecule has 1 aliphatic heterocycles. The molecule has 2 fully saturated rings. The second kappa shape index (κ2) is 11.0. The first-order valence-electron chi connectivity index (χ1n) is 12.7. The molecule has 9 heteroatoms. The standard InChI is InChI=1S/C27H33N7O2/c1-18-3-2-4-22(13-18)27(36)28-15-26(35)29-23-16-34(17-23)24-11-9-21(10-12-24)20-7-5-19(6-8-20)14-25-30-32-33-31-25/h2-8,13,21,23-24H,9-12,14-17H2,1H3,(H,28,36)(H,29,35)(H,30,31,32,33)/t21-,24+. The van der Waals surface area contributed by atoms with E-state index in [1.165, 1.54) is 36.8 Å². The van der Waals surface area contributed by atoms with E-state index < -0.39 is 0 Å². The van der Waals surface area contributed by atoms with Gasteiger partial charge in [0.1, 0.15) is 0 Å². The second-order valence-electron chi connectivity index (χ2n) is 10.0. The molecule has 2 aliphatic rings. The highest BCUT2D eigenvalue weighted by atomic mass is 16.2. The number of benzene rings is 2. The van der Waals surface area contributed by atoms with Crippen LogP contribution in [-0.2, 0) is 11.2 Å². The molecule has 36 heavy (non-hydrogen) atoms. The molecule has 0 radical (unpaired) electrons. The van der Waals surface area contributed by atoms with Gasteiger partial charge in [-0.3, -0.25) is 14.5 Å². The molecule has 0 spiro atoms. The molecule has 0 bridgehead atoms. The number of hydrogen-bond acceptors (Lipinski definition) is 6. The number of nitrogens with one attached hydrogen (secondary N) is 3. The zero-order valence-electron chi connectivity index (χ0n) is 20.6. The Bertz CT molecular complexity index is 1170. The van der Waals surface area contributed by atoms with E-state index in [1.54, 1.807) is 6.07 Å². The number of hydrogen-bond donors (Lipinski definition) is 3. The van der Waals surface area contributed by atoms with Crippen LogP contribution in [0.15, 0.2) is 48.5 Å². The summed E-state index contributed by atoms with van der Waals surface area (Å²) in [6.07, 6.45) is 5.43. The normalized spacial score (nSPS) is 20.5. The molecule has 1 aromatic heterocycles. The number of carbonyl (C=O) groups is 2. The third-order valence-electron chi connectivity index (χ3n) is 7.38. The van der Waals surface area contributed by atoms with Crippen LogP contribution < -0.4 is 10.6 Å². The zero-order chi connectivity index (χ0) is 24.9. The second-order valence-corrected chi connectivity index (χ2v) is 10.0. The first-order valence-corrected chi connectivity index (χ1v) is 12.7. The van der Waals surface area contributed by atoms with Crippen LogP contribution in [0.2, 0.25) is 0 Å². The number of likely N-dealkylation sites (tertiary alicyclic amines) is 1. The summed E-state index contributed by atoms with van der Waals surface area (Å²) in [7, 11) is 0. The monoisotopic (exact) mass is 487 g/mol. The van der Waals surface area contributed by atoms with Gasteiger partial charge >= 0.3 is 0 Å². The van der Waals surface area contributed by atoms with E-state index in [4.69, 9.17) is 0 Å². The highest BCUT2D eigenvalue weighted by Gasteiger charge is 2.35. The summed E-state index contributed by atoms with van der Waals surface area (Å²) in [6, 6.07) is 16.9. The SMILES string of the molecule is Cc1cccc(C(=O)NCC(=O)NC2CN([C@H]3CC[C@@H](c4ccc(Cc5nn[nH]n5)cc4)CC3)C2)c1. The number of aryl methyl sites for hydroxylation is 1. The van der Waals surface area contributed by atoms with Crippen LogP contribution in [-0.4, -0.2) is 69.1 Å². The predicted octanol–water partition coefficient (Wildman–Crippen LogP) is 2.36. The van der Waals surface area contributed by atoms with Gasteiger partial charge in [0.15, 0.2) is 5.82 Å². The third kappa shape index (κ3) is 5.96. The summed E-state index contributed by atoms with van der Waals surface area (Å²) in [4.78, 5) is 27.0. The average Bonchev–Trinajstić information content (AvgIpc) is 3.38. The van der Waals surface area contributed by atoms with Crippen LogP contribution in [0.25, 0.3) is 0 Å². The van der Waals surface area contributed by atoms with Gasteiger partial charge in [0.25, 0.3) is 5.91 Å². The van der Waals surface area contributed by atoms with Crippen molar-refractivity contribution in [2.75, 3.05) is 19.6 Å². The topological polar surface area (TPSA) is 116 Å². The molecule has 2 heterocycles. The number of amides is 2. The van der Waals surface area contributed by atoms with Gasteiger partial charge in [-0.1, -0.05) is 47.2 Å². The molecule has 1 saturated carbocycles. The molecule has 5 rings (SSSR count). The van der Waals surface area contributed by atoms with Crippen LogP contribution in [0.4, 0.5) is 0 Å². The number of aromatic nitrogens is 4. The average molecular weight is 488 g/mol. The number of tetrazole rings is 1. The molecular weight excluding hydrogens is 454 g/mol. The van der Waals surface area contributed by atoms with Crippen molar-refractivity contribution in [2.45, 2.75) is 57.0 Å². The van der Waals surface area contributed by atoms with E-state index in [0.29, 0.717) is 29.8 Å². The third-order valence-corrected chi connectivity index (χ3v) is 7.38. The number of aromatic amines is 1.